The molecule has 0 spiro atoms. The number of benzene rings is 1. The highest BCUT2D eigenvalue weighted by Gasteiger charge is 2.24. The zero-order chi connectivity index (χ0) is 15.6. The number of Topliss-reactive ketones (excluding diaryl/α,β-unsaturated/α-hetero) is 1. The molecule has 2 rings (SSSR count). The Morgan fingerprint density at radius 2 is 2.14 bits per heavy atom. The zero-order valence-electron chi connectivity index (χ0n) is 11.3. The first-order chi connectivity index (χ1) is 9.95. The summed E-state index contributed by atoms with van der Waals surface area (Å²) in [5.41, 5.74) is 0.0503. The minimum absolute atomic E-state index is 0.0511. The molecule has 0 saturated carbocycles. The molecular weight excluding hydrogens is 317 g/mol. The summed E-state index contributed by atoms with van der Waals surface area (Å²) in [5, 5.41) is 0.160. The highest BCUT2D eigenvalue weighted by atomic mass is 35.5. The lowest BCUT2D eigenvalue weighted by molar-refractivity contribution is 0.0517. The summed E-state index contributed by atoms with van der Waals surface area (Å²) in [6.07, 6.45) is 0. The van der Waals surface area contributed by atoms with Gasteiger partial charge in [0, 0.05) is 12.5 Å². The summed E-state index contributed by atoms with van der Waals surface area (Å²) in [7, 11) is 0. The van der Waals surface area contributed by atoms with Gasteiger partial charge in [0.15, 0.2) is 17.3 Å². The second kappa shape index (κ2) is 6.32. The summed E-state index contributed by atoms with van der Waals surface area (Å²) in [5.74, 6) is -1.67. The highest BCUT2D eigenvalue weighted by Crippen LogP contribution is 2.33. The van der Waals surface area contributed by atoms with E-state index in [1.165, 1.54) is 19.1 Å². The van der Waals surface area contributed by atoms with Crippen LogP contribution in [0.4, 0.5) is 4.39 Å². The van der Waals surface area contributed by atoms with Gasteiger partial charge in [-0.1, -0.05) is 17.7 Å². The Balaban J connectivity index is 2.56. The fourth-order valence-electron chi connectivity index (χ4n) is 1.68. The first-order valence-electron chi connectivity index (χ1n) is 6.09. The van der Waals surface area contributed by atoms with Crippen molar-refractivity contribution in [1.82, 2.24) is 4.98 Å². The molecule has 0 fully saturated rings. The van der Waals surface area contributed by atoms with Crippen LogP contribution in [0.1, 0.15) is 34.0 Å². The normalized spacial score (nSPS) is 10.5. The molecule has 0 amide bonds. The molecular formula is C14H11ClFNO3S. The number of ether oxygens (including phenoxy) is 1. The molecule has 0 aliphatic rings. The van der Waals surface area contributed by atoms with Gasteiger partial charge in [-0.2, -0.15) is 0 Å². The second-order valence-electron chi connectivity index (χ2n) is 4.07. The molecule has 1 aromatic carbocycles. The van der Waals surface area contributed by atoms with Crippen LogP contribution in [0.15, 0.2) is 18.2 Å². The van der Waals surface area contributed by atoms with Gasteiger partial charge in [0.25, 0.3) is 0 Å². The van der Waals surface area contributed by atoms with Crippen LogP contribution in [0, 0.1) is 5.82 Å². The Bertz CT molecular complexity index is 714. The van der Waals surface area contributed by atoms with Crippen LogP contribution < -0.4 is 0 Å². The largest absolute Gasteiger partial charge is 0.461 e. The molecule has 0 radical (unpaired) electrons. The lowest BCUT2D eigenvalue weighted by Gasteiger charge is -2.00. The molecule has 110 valence electrons. The van der Waals surface area contributed by atoms with E-state index in [4.69, 9.17) is 16.3 Å². The van der Waals surface area contributed by atoms with Crippen molar-refractivity contribution in [1.29, 1.82) is 0 Å². The molecule has 1 aromatic heterocycles. The monoisotopic (exact) mass is 327 g/mol. The van der Waals surface area contributed by atoms with Crippen LogP contribution in [0.5, 0.6) is 0 Å². The number of esters is 1. The van der Waals surface area contributed by atoms with E-state index in [-0.39, 0.29) is 38.6 Å². The minimum Gasteiger partial charge on any atom is -0.461 e. The van der Waals surface area contributed by atoms with E-state index in [2.05, 4.69) is 4.98 Å². The average molecular weight is 328 g/mol. The number of nitrogens with zero attached hydrogens (tertiary/aromatic N) is 1. The Kier molecular flexibility index (Phi) is 4.69. The van der Waals surface area contributed by atoms with E-state index in [9.17, 15) is 14.0 Å². The molecule has 0 saturated heterocycles. The summed E-state index contributed by atoms with van der Waals surface area (Å²) in [4.78, 5) is 27.6. The Labute approximate surface area is 129 Å². The maximum atomic E-state index is 14.0. The quantitative estimate of drug-likeness (QED) is 0.629. The fraction of sp³-hybridized carbons (Fsp3) is 0.214. The topological polar surface area (TPSA) is 56.3 Å². The van der Waals surface area contributed by atoms with Gasteiger partial charge in [0.1, 0.15) is 9.88 Å². The molecule has 21 heavy (non-hydrogen) atoms. The number of carbonyl (C=O) groups is 2. The number of hydrogen-bond acceptors (Lipinski definition) is 5. The van der Waals surface area contributed by atoms with Gasteiger partial charge in [0.2, 0.25) is 0 Å². The zero-order valence-corrected chi connectivity index (χ0v) is 12.8. The molecule has 0 aliphatic carbocycles. The first kappa shape index (κ1) is 15.6. The first-order valence-corrected chi connectivity index (χ1v) is 7.28. The van der Waals surface area contributed by atoms with Crippen molar-refractivity contribution < 1.29 is 18.7 Å². The molecule has 0 unspecified atom stereocenters. The van der Waals surface area contributed by atoms with Crippen molar-refractivity contribution in [2.24, 2.45) is 0 Å². The molecule has 0 atom stereocenters. The van der Waals surface area contributed by atoms with Gasteiger partial charge in [-0.3, -0.25) is 4.79 Å². The third-order valence-corrected chi connectivity index (χ3v) is 4.08. The van der Waals surface area contributed by atoms with Crippen molar-refractivity contribution in [3.63, 3.8) is 0 Å². The Morgan fingerprint density at radius 3 is 2.76 bits per heavy atom. The van der Waals surface area contributed by atoms with Gasteiger partial charge in [-0.15, -0.1) is 11.3 Å². The number of aromatic nitrogens is 1. The number of thiazole rings is 1. The van der Waals surface area contributed by atoms with Crippen LogP contribution in [-0.4, -0.2) is 23.3 Å². The van der Waals surface area contributed by atoms with Gasteiger partial charge in [0.05, 0.1) is 11.6 Å². The predicted octanol–water partition coefficient (Wildman–Crippen LogP) is 3.98. The molecule has 1 heterocycles. The highest BCUT2D eigenvalue weighted by molar-refractivity contribution is 7.17. The maximum Gasteiger partial charge on any atom is 0.358 e. The van der Waals surface area contributed by atoms with Crippen molar-refractivity contribution >= 4 is 34.7 Å². The summed E-state index contributed by atoms with van der Waals surface area (Å²) >= 11 is 6.67. The second-order valence-corrected chi connectivity index (χ2v) is 5.48. The Morgan fingerprint density at radius 1 is 1.43 bits per heavy atom. The average Bonchev–Trinajstić information content (AvgIpc) is 2.87. The van der Waals surface area contributed by atoms with Crippen LogP contribution in [0.3, 0.4) is 0 Å². The number of hydrogen-bond donors (Lipinski definition) is 0. The van der Waals surface area contributed by atoms with Crippen molar-refractivity contribution in [2.45, 2.75) is 13.8 Å². The van der Waals surface area contributed by atoms with Crippen molar-refractivity contribution in [3.8, 4) is 10.6 Å². The molecule has 0 N–H and O–H groups in total. The molecule has 4 nitrogen and oxygen atoms in total. The van der Waals surface area contributed by atoms with E-state index in [1.54, 1.807) is 13.0 Å². The van der Waals surface area contributed by atoms with Gasteiger partial charge < -0.3 is 4.74 Å². The number of carbonyl (C=O) groups excluding carboxylic acids is 2. The number of ketones is 1. The van der Waals surface area contributed by atoms with E-state index in [0.717, 1.165) is 11.3 Å². The van der Waals surface area contributed by atoms with E-state index in [1.807, 2.05) is 0 Å². The molecule has 0 aliphatic heterocycles. The van der Waals surface area contributed by atoms with Gasteiger partial charge >= 0.3 is 5.97 Å². The lowest BCUT2D eigenvalue weighted by Crippen LogP contribution is -2.09. The lowest BCUT2D eigenvalue weighted by atomic mass is 10.2. The smallest absolute Gasteiger partial charge is 0.358 e. The van der Waals surface area contributed by atoms with E-state index in [0.29, 0.717) is 0 Å². The van der Waals surface area contributed by atoms with E-state index < -0.39 is 11.8 Å². The third-order valence-electron chi connectivity index (χ3n) is 2.60. The predicted molar refractivity (Wildman–Crippen MR) is 78.5 cm³/mol. The Hall–Kier alpha value is -1.79. The maximum absolute atomic E-state index is 14.0. The fourth-order valence-corrected chi connectivity index (χ4v) is 2.82. The van der Waals surface area contributed by atoms with Crippen LogP contribution >= 0.6 is 22.9 Å². The molecule has 2 aromatic rings. The van der Waals surface area contributed by atoms with Crippen LogP contribution in [-0.2, 0) is 4.74 Å². The molecule has 0 bridgehead atoms. The van der Waals surface area contributed by atoms with E-state index >= 15 is 0 Å². The number of rotatable bonds is 4. The minimum atomic E-state index is -0.701. The van der Waals surface area contributed by atoms with Crippen LogP contribution in [0.2, 0.25) is 5.02 Å². The standard InChI is InChI=1S/C14H11ClFNO3S/c1-3-20-14(19)11-12(7(2)18)21-13(17-11)8-5-4-6-9(15)10(8)16/h4-6H,3H2,1-2H3. The number of halogens is 2. The SMILES string of the molecule is CCOC(=O)c1nc(-c2cccc(Cl)c2F)sc1C(C)=O. The van der Waals surface area contributed by atoms with Crippen molar-refractivity contribution in [3.05, 3.63) is 39.6 Å². The summed E-state index contributed by atoms with van der Waals surface area (Å²) in [6.45, 7) is 3.12. The van der Waals surface area contributed by atoms with Gasteiger partial charge in [-0.25, -0.2) is 14.2 Å². The third kappa shape index (κ3) is 3.11. The summed E-state index contributed by atoms with van der Waals surface area (Å²) in [6, 6.07) is 4.46. The summed E-state index contributed by atoms with van der Waals surface area (Å²) < 4.78 is 18.9. The van der Waals surface area contributed by atoms with Gasteiger partial charge in [-0.05, 0) is 19.1 Å². The van der Waals surface area contributed by atoms with Crippen molar-refractivity contribution in [2.75, 3.05) is 6.61 Å². The molecule has 7 heteroatoms. The van der Waals surface area contributed by atoms with Crippen LogP contribution in [0.25, 0.3) is 10.6 Å².